The van der Waals surface area contributed by atoms with Gasteiger partial charge >= 0.3 is 0 Å². The van der Waals surface area contributed by atoms with Crippen LogP contribution in [0.5, 0.6) is 0 Å². The maximum Gasteiger partial charge on any atom is 0.267 e. The summed E-state index contributed by atoms with van der Waals surface area (Å²) in [7, 11) is 0. The molecule has 0 spiro atoms. The third kappa shape index (κ3) is 4.06. The number of nitrogens with zero attached hydrogens (tertiary/aromatic N) is 2. The summed E-state index contributed by atoms with van der Waals surface area (Å²) in [5.41, 5.74) is 2.24. The van der Waals surface area contributed by atoms with Crippen molar-refractivity contribution in [3.63, 3.8) is 0 Å². The summed E-state index contributed by atoms with van der Waals surface area (Å²) in [5, 5.41) is 3.90. The second-order valence-electron chi connectivity index (χ2n) is 7.34. The fourth-order valence-corrected chi connectivity index (χ4v) is 3.63. The van der Waals surface area contributed by atoms with Gasteiger partial charge in [-0.15, -0.1) is 0 Å². The highest BCUT2D eigenvalue weighted by molar-refractivity contribution is 5.97. The number of hydrogen-bond donors (Lipinski definition) is 2. The van der Waals surface area contributed by atoms with Crippen molar-refractivity contribution in [1.29, 1.82) is 0 Å². The molecule has 4 rings (SSSR count). The van der Waals surface area contributed by atoms with Gasteiger partial charge in [0, 0.05) is 48.5 Å². The standard InChI is InChI=1S/C22H24N4O2/c27-21(20-12-18-13-23-11-9-19(18)25-20)24-10-5-4-6-16-14-26(15-16)22(28)17-7-2-1-3-8-17/h1-3,7-9,11-13,16,25H,4-6,10,14-15H2,(H,24,27). The molecule has 6 nitrogen and oxygen atoms in total. The van der Waals surface area contributed by atoms with Gasteiger partial charge in [0.1, 0.15) is 5.69 Å². The lowest BCUT2D eigenvalue weighted by Gasteiger charge is -2.39. The zero-order valence-electron chi connectivity index (χ0n) is 15.7. The van der Waals surface area contributed by atoms with E-state index in [0.717, 1.165) is 48.8 Å². The van der Waals surface area contributed by atoms with Crippen LogP contribution in [0.1, 0.15) is 40.1 Å². The van der Waals surface area contributed by atoms with Crippen LogP contribution in [0.3, 0.4) is 0 Å². The molecule has 1 aliphatic rings. The maximum atomic E-state index is 12.3. The molecule has 1 aromatic carbocycles. The van der Waals surface area contributed by atoms with Crippen LogP contribution in [0.25, 0.3) is 10.9 Å². The zero-order valence-corrected chi connectivity index (χ0v) is 15.7. The number of aromatic amines is 1. The Kier molecular flexibility index (Phi) is 5.37. The van der Waals surface area contributed by atoms with E-state index in [-0.39, 0.29) is 11.8 Å². The summed E-state index contributed by atoms with van der Waals surface area (Å²) in [6, 6.07) is 13.1. The van der Waals surface area contributed by atoms with Gasteiger partial charge in [-0.3, -0.25) is 14.6 Å². The molecule has 2 N–H and O–H groups in total. The number of likely N-dealkylation sites (tertiary alicyclic amines) is 1. The average molecular weight is 376 g/mol. The molecule has 2 amide bonds. The zero-order chi connectivity index (χ0) is 19.3. The largest absolute Gasteiger partial charge is 0.351 e. The number of H-pyrrole nitrogens is 1. The molecule has 144 valence electrons. The molecule has 1 saturated heterocycles. The first-order valence-corrected chi connectivity index (χ1v) is 9.76. The molecule has 0 radical (unpaired) electrons. The van der Waals surface area contributed by atoms with Gasteiger partial charge in [0.05, 0.1) is 0 Å². The molecule has 0 unspecified atom stereocenters. The molecule has 0 bridgehead atoms. The number of fused-ring (bicyclic) bond motifs is 1. The molecule has 3 aromatic rings. The van der Waals surface area contributed by atoms with Crippen LogP contribution in [-0.2, 0) is 0 Å². The number of benzene rings is 1. The predicted molar refractivity (Wildman–Crippen MR) is 108 cm³/mol. The van der Waals surface area contributed by atoms with Crippen LogP contribution < -0.4 is 5.32 Å². The van der Waals surface area contributed by atoms with Crippen molar-refractivity contribution in [2.75, 3.05) is 19.6 Å². The minimum Gasteiger partial charge on any atom is -0.351 e. The quantitative estimate of drug-likeness (QED) is 0.622. The van der Waals surface area contributed by atoms with Crippen LogP contribution in [0.15, 0.2) is 54.9 Å². The van der Waals surface area contributed by atoms with Crippen molar-refractivity contribution in [2.24, 2.45) is 5.92 Å². The first-order valence-electron chi connectivity index (χ1n) is 9.76. The summed E-state index contributed by atoms with van der Waals surface area (Å²) in [5.74, 6) is 0.613. The summed E-state index contributed by atoms with van der Waals surface area (Å²) in [6.45, 7) is 2.33. The van der Waals surface area contributed by atoms with Gasteiger partial charge in [-0.2, -0.15) is 0 Å². The summed E-state index contributed by atoms with van der Waals surface area (Å²) in [6.07, 6.45) is 6.53. The van der Waals surface area contributed by atoms with E-state index in [9.17, 15) is 9.59 Å². The highest BCUT2D eigenvalue weighted by Gasteiger charge is 2.30. The fraction of sp³-hybridized carbons (Fsp3) is 0.318. The molecule has 6 heteroatoms. The Morgan fingerprint density at radius 2 is 1.96 bits per heavy atom. The number of aromatic nitrogens is 2. The third-order valence-electron chi connectivity index (χ3n) is 5.26. The summed E-state index contributed by atoms with van der Waals surface area (Å²) < 4.78 is 0. The van der Waals surface area contributed by atoms with Crippen molar-refractivity contribution >= 4 is 22.7 Å². The van der Waals surface area contributed by atoms with Gasteiger partial charge in [-0.25, -0.2) is 0 Å². The van der Waals surface area contributed by atoms with Crippen LogP contribution in [-0.4, -0.2) is 46.3 Å². The van der Waals surface area contributed by atoms with Crippen molar-refractivity contribution in [1.82, 2.24) is 20.2 Å². The molecule has 3 heterocycles. The van der Waals surface area contributed by atoms with Gasteiger partial charge in [-0.05, 0) is 43.0 Å². The molecular weight excluding hydrogens is 352 g/mol. The lowest BCUT2D eigenvalue weighted by atomic mass is 9.93. The molecule has 28 heavy (non-hydrogen) atoms. The van der Waals surface area contributed by atoms with E-state index in [2.05, 4.69) is 15.3 Å². The van der Waals surface area contributed by atoms with Crippen molar-refractivity contribution < 1.29 is 9.59 Å². The van der Waals surface area contributed by atoms with Crippen molar-refractivity contribution in [2.45, 2.75) is 19.3 Å². The fourth-order valence-electron chi connectivity index (χ4n) is 3.63. The van der Waals surface area contributed by atoms with Crippen LogP contribution in [0.2, 0.25) is 0 Å². The lowest BCUT2D eigenvalue weighted by molar-refractivity contribution is 0.0480. The Hall–Kier alpha value is -3.15. The number of pyridine rings is 1. The van der Waals surface area contributed by atoms with E-state index >= 15 is 0 Å². The topological polar surface area (TPSA) is 78.1 Å². The Bertz CT molecular complexity index is 928. The number of nitrogens with one attached hydrogen (secondary N) is 2. The predicted octanol–water partition coefficient (Wildman–Crippen LogP) is 3.24. The Morgan fingerprint density at radius 3 is 2.75 bits per heavy atom. The second-order valence-corrected chi connectivity index (χ2v) is 7.34. The van der Waals surface area contributed by atoms with Crippen LogP contribution in [0, 0.1) is 5.92 Å². The van der Waals surface area contributed by atoms with Gasteiger partial charge in [0.2, 0.25) is 0 Å². The number of hydrogen-bond acceptors (Lipinski definition) is 3. The van der Waals surface area contributed by atoms with E-state index in [1.54, 1.807) is 12.4 Å². The monoisotopic (exact) mass is 376 g/mol. The van der Waals surface area contributed by atoms with Crippen molar-refractivity contribution in [3.8, 4) is 0 Å². The molecule has 0 aliphatic carbocycles. The molecule has 0 saturated carbocycles. The Labute approximate surface area is 164 Å². The number of unbranched alkanes of at least 4 members (excludes halogenated alkanes) is 1. The van der Waals surface area contributed by atoms with Crippen molar-refractivity contribution in [3.05, 3.63) is 66.1 Å². The SMILES string of the molecule is O=C(NCCCCC1CN(C(=O)c2ccccc2)C1)c1cc2cnccc2[nH]1. The number of carbonyl (C=O) groups is 2. The van der Waals surface area contributed by atoms with E-state index in [0.29, 0.717) is 18.2 Å². The highest BCUT2D eigenvalue weighted by atomic mass is 16.2. The molecule has 0 atom stereocenters. The van der Waals surface area contributed by atoms with Crippen LogP contribution in [0.4, 0.5) is 0 Å². The van der Waals surface area contributed by atoms with E-state index in [1.807, 2.05) is 47.4 Å². The number of carbonyl (C=O) groups excluding carboxylic acids is 2. The van der Waals surface area contributed by atoms with Gasteiger partial charge in [-0.1, -0.05) is 24.6 Å². The smallest absolute Gasteiger partial charge is 0.267 e. The Balaban J connectivity index is 1.12. The lowest BCUT2D eigenvalue weighted by Crippen LogP contribution is -2.49. The molecule has 1 aliphatic heterocycles. The normalized spacial score (nSPS) is 14.1. The third-order valence-corrected chi connectivity index (χ3v) is 5.26. The van der Waals surface area contributed by atoms with Gasteiger partial charge < -0.3 is 15.2 Å². The highest BCUT2D eigenvalue weighted by Crippen LogP contribution is 2.23. The summed E-state index contributed by atoms with van der Waals surface area (Å²) >= 11 is 0. The average Bonchev–Trinajstić information content (AvgIpc) is 3.13. The molecule has 2 aromatic heterocycles. The Morgan fingerprint density at radius 1 is 1.14 bits per heavy atom. The number of amides is 2. The van der Waals surface area contributed by atoms with E-state index in [4.69, 9.17) is 0 Å². The second kappa shape index (κ2) is 8.25. The minimum atomic E-state index is -0.0838. The van der Waals surface area contributed by atoms with Gasteiger partial charge in [0.15, 0.2) is 0 Å². The van der Waals surface area contributed by atoms with E-state index < -0.39 is 0 Å². The van der Waals surface area contributed by atoms with E-state index in [1.165, 1.54) is 0 Å². The minimum absolute atomic E-state index is 0.0838. The van der Waals surface area contributed by atoms with Crippen LogP contribution >= 0.6 is 0 Å². The number of rotatable bonds is 7. The maximum absolute atomic E-state index is 12.3. The van der Waals surface area contributed by atoms with Gasteiger partial charge in [0.25, 0.3) is 11.8 Å². The first kappa shape index (κ1) is 18.2. The molecular formula is C22H24N4O2. The first-order chi connectivity index (χ1) is 13.7. The molecule has 1 fully saturated rings. The summed E-state index contributed by atoms with van der Waals surface area (Å²) in [4.78, 5) is 33.6.